The summed E-state index contributed by atoms with van der Waals surface area (Å²) >= 11 is 1.36. The number of hydrazone groups is 1. The number of benzene rings is 2. The van der Waals surface area contributed by atoms with E-state index >= 15 is 0 Å². The second-order valence-corrected chi connectivity index (χ2v) is 6.39. The van der Waals surface area contributed by atoms with E-state index in [2.05, 4.69) is 15.8 Å². The van der Waals surface area contributed by atoms with Crippen molar-refractivity contribution < 1.29 is 14.0 Å². The Kier molecular flexibility index (Phi) is 4.90. The largest absolute Gasteiger partial charge is 0.324 e. The Balaban J connectivity index is 1.55. The number of carbonyl (C=O) groups excluding carboxylic acids is 2. The first-order valence-electron chi connectivity index (χ1n) is 7.26. The number of carbonyl (C=O) groups is 2. The number of rotatable bonds is 4. The quantitative estimate of drug-likeness (QED) is 0.662. The molecule has 0 fully saturated rings. The van der Waals surface area contributed by atoms with Gasteiger partial charge >= 0.3 is 0 Å². The lowest BCUT2D eigenvalue weighted by atomic mass is 10.2. The summed E-state index contributed by atoms with van der Waals surface area (Å²) in [4.78, 5) is 24.9. The molecule has 3 rings (SSSR count). The van der Waals surface area contributed by atoms with Gasteiger partial charge in [0.1, 0.15) is 5.82 Å². The molecule has 0 radical (unpaired) electrons. The Morgan fingerprint density at radius 3 is 2.79 bits per heavy atom. The average Bonchev–Trinajstić information content (AvgIpc) is 2.57. The average molecular weight is 343 g/mol. The standard InChI is InChI=1S/C17H14FN3O2S/c18-12-7-5-11(6-8-12)10-19-21-16(22)9-15-17(23)20-13-3-1-2-4-14(13)24-15/h1-8,10,15H,9H2,(H,20,23)(H,21,22)/b19-10+. The lowest BCUT2D eigenvalue weighted by Crippen LogP contribution is -2.33. The van der Waals surface area contributed by atoms with Gasteiger partial charge in [-0.1, -0.05) is 24.3 Å². The normalized spacial score (nSPS) is 16.5. The fourth-order valence-electron chi connectivity index (χ4n) is 2.17. The number of hydrogen-bond donors (Lipinski definition) is 2. The second-order valence-electron chi connectivity index (χ2n) is 5.14. The van der Waals surface area contributed by atoms with Crippen LogP contribution in [-0.2, 0) is 9.59 Å². The van der Waals surface area contributed by atoms with E-state index in [0.717, 1.165) is 10.6 Å². The van der Waals surface area contributed by atoms with Gasteiger partial charge in [0, 0.05) is 11.3 Å². The highest BCUT2D eigenvalue weighted by molar-refractivity contribution is 8.01. The van der Waals surface area contributed by atoms with Crippen molar-refractivity contribution in [2.24, 2.45) is 5.10 Å². The molecule has 2 amide bonds. The maximum atomic E-state index is 12.8. The van der Waals surface area contributed by atoms with E-state index in [1.54, 1.807) is 12.1 Å². The van der Waals surface area contributed by atoms with E-state index in [0.29, 0.717) is 5.56 Å². The molecule has 0 saturated heterocycles. The van der Waals surface area contributed by atoms with Crippen LogP contribution < -0.4 is 10.7 Å². The Bertz CT molecular complexity index is 793. The first kappa shape index (κ1) is 16.2. The summed E-state index contributed by atoms with van der Waals surface area (Å²) in [6.07, 6.45) is 1.44. The van der Waals surface area contributed by atoms with E-state index in [-0.39, 0.29) is 24.1 Å². The minimum atomic E-state index is -0.499. The van der Waals surface area contributed by atoms with Crippen LogP contribution in [-0.4, -0.2) is 23.3 Å². The molecular weight excluding hydrogens is 329 g/mol. The molecule has 0 spiro atoms. The van der Waals surface area contributed by atoms with Crippen molar-refractivity contribution in [1.29, 1.82) is 0 Å². The zero-order valence-corrected chi connectivity index (χ0v) is 13.3. The molecule has 0 aromatic heterocycles. The maximum Gasteiger partial charge on any atom is 0.241 e. The summed E-state index contributed by atoms with van der Waals surface area (Å²) in [6, 6.07) is 13.2. The van der Waals surface area contributed by atoms with Gasteiger partial charge in [-0.05, 0) is 29.8 Å². The number of hydrogen-bond acceptors (Lipinski definition) is 4. The van der Waals surface area contributed by atoms with Gasteiger partial charge in [0.05, 0.1) is 17.2 Å². The van der Waals surface area contributed by atoms with Crippen LogP contribution in [0.3, 0.4) is 0 Å². The molecule has 24 heavy (non-hydrogen) atoms. The number of nitrogens with one attached hydrogen (secondary N) is 2. The maximum absolute atomic E-state index is 12.8. The molecule has 2 aromatic rings. The van der Waals surface area contributed by atoms with E-state index in [4.69, 9.17) is 0 Å². The predicted octanol–water partition coefficient (Wildman–Crippen LogP) is 2.78. The molecule has 0 saturated carbocycles. The Labute approximate surface area is 142 Å². The zero-order valence-electron chi connectivity index (χ0n) is 12.5. The fourth-order valence-corrected chi connectivity index (χ4v) is 3.28. The van der Waals surface area contributed by atoms with Crippen molar-refractivity contribution in [2.45, 2.75) is 16.6 Å². The molecule has 0 aliphatic carbocycles. The van der Waals surface area contributed by atoms with Gasteiger partial charge in [0.15, 0.2) is 0 Å². The summed E-state index contributed by atoms with van der Waals surface area (Å²) in [6.45, 7) is 0. The zero-order chi connectivity index (χ0) is 16.9. The van der Waals surface area contributed by atoms with Gasteiger partial charge in [0.2, 0.25) is 11.8 Å². The summed E-state index contributed by atoms with van der Waals surface area (Å²) in [7, 11) is 0. The third kappa shape index (κ3) is 3.99. The number of anilines is 1. The van der Waals surface area contributed by atoms with E-state index in [9.17, 15) is 14.0 Å². The van der Waals surface area contributed by atoms with Crippen molar-refractivity contribution in [3.63, 3.8) is 0 Å². The van der Waals surface area contributed by atoms with Gasteiger partial charge in [-0.2, -0.15) is 5.10 Å². The second kappa shape index (κ2) is 7.27. The predicted molar refractivity (Wildman–Crippen MR) is 91.5 cm³/mol. The van der Waals surface area contributed by atoms with Crippen molar-refractivity contribution in [3.8, 4) is 0 Å². The minimum Gasteiger partial charge on any atom is -0.324 e. The SMILES string of the molecule is O=C(CC1Sc2ccccc2NC1=O)N/N=C/c1ccc(F)cc1. The van der Waals surface area contributed by atoms with E-state index in [1.165, 1.54) is 30.1 Å². The molecule has 5 nitrogen and oxygen atoms in total. The number of halogens is 1. The van der Waals surface area contributed by atoms with Gasteiger partial charge < -0.3 is 5.32 Å². The summed E-state index contributed by atoms with van der Waals surface area (Å²) < 4.78 is 12.8. The lowest BCUT2D eigenvalue weighted by Gasteiger charge is -2.23. The molecule has 1 aliphatic rings. The Morgan fingerprint density at radius 2 is 2.00 bits per heavy atom. The monoisotopic (exact) mass is 343 g/mol. The van der Waals surface area contributed by atoms with Crippen LogP contribution in [0.4, 0.5) is 10.1 Å². The number of fused-ring (bicyclic) bond motifs is 1. The highest BCUT2D eigenvalue weighted by Gasteiger charge is 2.28. The van der Waals surface area contributed by atoms with Gasteiger partial charge in [-0.3, -0.25) is 9.59 Å². The molecule has 1 aliphatic heterocycles. The number of thioether (sulfide) groups is 1. The van der Waals surface area contributed by atoms with Crippen molar-refractivity contribution in [3.05, 3.63) is 59.9 Å². The summed E-state index contributed by atoms with van der Waals surface area (Å²) in [5, 5.41) is 6.11. The third-order valence-electron chi connectivity index (χ3n) is 3.35. The van der Waals surface area contributed by atoms with Crippen LogP contribution in [0.5, 0.6) is 0 Å². The van der Waals surface area contributed by atoms with E-state index in [1.807, 2.05) is 24.3 Å². The summed E-state index contributed by atoms with van der Waals surface area (Å²) in [5.74, 6) is -0.895. The third-order valence-corrected chi connectivity index (χ3v) is 4.63. The molecule has 2 N–H and O–H groups in total. The molecule has 7 heteroatoms. The van der Waals surface area contributed by atoms with Crippen LogP contribution in [0.1, 0.15) is 12.0 Å². The number of nitrogens with zero attached hydrogens (tertiary/aromatic N) is 1. The van der Waals surface area contributed by atoms with Crippen molar-refractivity contribution in [1.82, 2.24) is 5.43 Å². The number of para-hydroxylation sites is 1. The van der Waals surface area contributed by atoms with Crippen LogP contribution in [0, 0.1) is 5.82 Å². The van der Waals surface area contributed by atoms with Crippen LogP contribution in [0.15, 0.2) is 58.5 Å². The van der Waals surface area contributed by atoms with Crippen molar-refractivity contribution in [2.75, 3.05) is 5.32 Å². The van der Waals surface area contributed by atoms with Crippen LogP contribution >= 0.6 is 11.8 Å². The smallest absolute Gasteiger partial charge is 0.241 e. The lowest BCUT2D eigenvalue weighted by molar-refractivity contribution is -0.124. The topological polar surface area (TPSA) is 70.6 Å². The fraction of sp³-hybridized carbons (Fsp3) is 0.118. The molecule has 0 bridgehead atoms. The van der Waals surface area contributed by atoms with E-state index < -0.39 is 5.25 Å². The molecular formula is C17H14FN3O2S. The highest BCUT2D eigenvalue weighted by atomic mass is 32.2. The molecule has 2 aromatic carbocycles. The van der Waals surface area contributed by atoms with Gasteiger partial charge in [-0.15, -0.1) is 11.8 Å². The summed E-state index contributed by atoms with van der Waals surface area (Å²) in [5.41, 5.74) is 3.81. The van der Waals surface area contributed by atoms with Crippen molar-refractivity contribution >= 4 is 35.5 Å². The Hall–Kier alpha value is -2.67. The van der Waals surface area contributed by atoms with Crippen LogP contribution in [0.25, 0.3) is 0 Å². The van der Waals surface area contributed by atoms with Crippen LogP contribution in [0.2, 0.25) is 0 Å². The highest BCUT2D eigenvalue weighted by Crippen LogP contribution is 2.36. The first-order chi connectivity index (χ1) is 11.6. The Morgan fingerprint density at radius 1 is 1.25 bits per heavy atom. The molecule has 122 valence electrons. The first-order valence-corrected chi connectivity index (χ1v) is 8.14. The minimum absolute atomic E-state index is 0.0194. The molecule has 1 atom stereocenters. The van der Waals surface area contributed by atoms with Gasteiger partial charge in [0.25, 0.3) is 0 Å². The molecule has 1 unspecified atom stereocenters. The number of amides is 2. The molecule has 1 heterocycles. The van der Waals surface area contributed by atoms with Gasteiger partial charge in [-0.25, -0.2) is 9.82 Å².